The van der Waals surface area contributed by atoms with E-state index in [1.165, 1.54) is 6.07 Å². The molecule has 0 aliphatic carbocycles. The van der Waals surface area contributed by atoms with Crippen LogP contribution >= 0.6 is 0 Å². The SMILES string of the molecule is CNC(C)(C)CCc1ccccc1F. The summed E-state index contributed by atoms with van der Waals surface area (Å²) in [5, 5.41) is 3.21. The number of hydrogen-bond donors (Lipinski definition) is 1. The number of hydrogen-bond acceptors (Lipinski definition) is 1. The standard InChI is InChI=1S/C12H18FN/c1-12(2,14-3)9-8-10-6-4-5-7-11(10)13/h4-7,14H,8-9H2,1-3H3. The van der Waals surface area contributed by atoms with Gasteiger partial charge in [-0.1, -0.05) is 18.2 Å². The normalized spacial score (nSPS) is 11.7. The number of halogens is 1. The second-order valence-corrected chi connectivity index (χ2v) is 4.23. The molecular weight excluding hydrogens is 177 g/mol. The van der Waals surface area contributed by atoms with Crippen LogP contribution in [0.5, 0.6) is 0 Å². The molecule has 0 unspecified atom stereocenters. The molecule has 0 aliphatic heterocycles. The van der Waals surface area contributed by atoms with E-state index in [-0.39, 0.29) is 11.4 Å². The smallest absolute Gasteiger partial charge is 0.126 e. The summed E-state index contributed by atoms with van der Waals surface area (Å²) in [5.41, 5.74) is 0.873. The van der Waals surface area contributed by atoms with Crippen molar-refractivity contribution in [3.8, 4) is 0 Å². The third kappa shape index (κ3) is 3.11. The van der Waals surface area contributed by atoms with E-state index < -0.39 is 0 Å². The van der Waals surface area contributed by atoms with Gasteiger partial charge in [0.25, 0.3) is 0 Å². The first-order valence-electron chi connectivity index (χ1n) is 4.97. The summed E-state index contributed by atoms with van der Waals surface area (Å²) in [6.07, 6.45) is 1.71. The first kappa shape index (κ1) is 11.2. The first-order chi connectivity index (χ1) is 6.55. The molecule has 1 rings (SSSR count). The van der Waals surface area contributed by atoms with E-state index in [4.69, 9.17) is 0 Å². The number of aryl methyl sites for hydroxylation is 1. The Bertz CT molecular complexity index is 294. The van der Waals surface area contributed by atoms with Crippen molar-refractivity contribution in [1.82, 2.24) is 5.32 Å². The van der Waals surface area contributed by atoms with Gasteiger partial charge in [0, 0.05) is 5.54 Å². The Labute approximate surface area is 85.3 Å². The lowest BCUT2D eigenvalue weighted by Gasteiger charge is -2.23. The molecule has 0 fully saturated rings. The minimum atomic E-state index is -0.0978. The highest BCUT2D eigenvalue weighted by molar-refractivity contribution is 5.17. The van der Waals surface area contributed by atoms with Gasteiger partial charge in [0.2, 0.25) is 0 Å². The van der Waals surface area contributed by atoms with Gasteiger partial charge in [-0.3, -0.25) is 0 Å². The molecule has 0 amide bonds. The molecule has 0 aromatic heterocycles. The molecule has 14 heavy (non-hydrogen) atoms. The molecule has 0 bridgehead atoms. The summed E-state index contributed by atoms with van der Waals surface area (Å²) in [7, 11) is 1.93. The third-order valence-electron chi connectivity index (χ3n) is 2.65. The highest BCUT2D eigenvalue weighted by atomic mass is 19.1. The van der Waals surface area contributed by atoms with Crippen molar-refractivity contribution in [2.75, 3.05) is 7.05 Å². The fraction of sp³-hybridized carbons (Fsp3) is 0.500. The maximum absolute atomic E-state index is 13.2. The zero-order valence-electron chi connectivity index (χ0n) is 9.10. The molecule has 0 radical (unpaired) electrons. The van der Waals surface area contributed by atoms with E-state index in [1.807, 2.05) is 19.2 Å². The summed E-state index contributed by atoms with van der Waals surface area (Å²) in [5.74, 6) is -0.0978. The van der Waals surface area contributed by atoms with Crippen LogP contribution in [0.2, 0.25) is 0 Å². The van der Waals surface area contributed by atoms with Crippen LogP contribution in [-0.2, 0) is 6.42 Å². The summed E-state index contributed by atoms with van der Waals surface area (Å²) in [6.45, 7) is 4.24. The van der Waals surface area contributed by atoms with Crippen LogP contribution in [0.4, 0.5) is 4.39 Å². The van der Waals surface area contributed by atoms with Crippen LogP contribution in [-0.4, -0.2) is 12.6 Å². The average Bonchev–Trinajstić information content (AvgIpc) is 2.17. The highest BCUT2D eigenvalue weighted by Gasteiger charge is 2.14. The molecule has 0 saturated carbocycles. The van der Waals surface area contributed by atoms with E-state index >= 15 is 0 Å². The second-order valence-electron chi connectivity index (χ2n) is 4.23. The minimum Gasteiger partial charge on any atom is -0.315 e. The van der Waals surface area contributed by atoms with Gasteiger partial charge in [-0.2, -0.15) is 0 Å². The van der Waals surface area contributed by atoms with Crippen LogP contribution in [0.15, 0.2) is 24.3 Å². The molecule has 2 heteroatoms. The maximum atomic E-state index is 13.2. The fourth-order valence-electron chi connectivity index (χ4n) is 1.27. The number of benzene rings is 1. The largest absolute Gasteiger partial charge is 0.315 e. The molecule has 1 aromatic carbocycles. The predicted octanol–water partition coefficient (Wildman–Crippen LogP) is 2.76. The zero-order chi connectivity index (χ0) is 10.6. The van der Waals surface area contributed by atoms with Crippen molar-refractivity contribution in [3.63, 3.8) is 0 Å². The lowest BCUT2D eigenvalue weighted by Crippen LogP contribution is -2.36. The molecule has 0 spiro atoms. The minimum absolute atomic E-state index is 0.0717. The Hall–Kier alpha value is -0.890. The van der Waals surface area contributed by atoms with Gasteiger partial charge in [0.15, 0.2) is 0 Å². The summed E-state index contributed by atoms with van der Waals surface area (Å²) in [6, 6.07) is 6.97. The van der Waals surface area contributed by atoms with E-state index in [0.29, 0.717) is 0 Å². The molecule has 0 atom stereocenters. The maximum Gasteiger partial charge on any atom is 0.126 e. The number of rotatable bonds is 4. The lowest BCUT2D eigenvalue weighted by atomic mass is 9.95. The van der Waals surface area contributed by atoms with E-state index in [2.05, 4.69) is 19.2 Å². The molecule has 1 N–H and O–H groups in total. The van der Waals surface area contributed by atoms with Gasteiger partial charge in [0.1, 0.15) is 5.82 Å². The van der Waals surface area contributed by atoms with E-state index in [1.54, 1.807) is 6.07 Å². The Balaban J connectivity index is 2.58. The Morgan fingerprint density at radius 2 is 1.93 bits per heavy atom. The summed E-state index contributed by atoms with van der Waals surface area (Å²) < 4.78 is 13.2. The van der Waals surface area contributed by atoms with Crippen LogP contribution in [0.3, 0.4) is 0 Å². The Morgan fingerprint density at radius 3 is 2.50 bits per heavy atom. The molecule has 0 saturated heterocycles. The van der Waals surface area contributed by atoms with Crippen molar-refractivity contribution in [3.05, 3.63) is 35.6 Å². The predicted molar refractivity (Wildman–Crippen MR) is 57.9 cm³/mol. The van der Waals surface area contributed by atoms with Gasteiger partial charge < -0.3 is 5.32 Å². The monoisotopic (exact) mass is 195 g/mol. The van der Waals surface area contributed by atoms with Gasteiger partial charge >= 0.3 is 0 Å². The van der Waals surface area contributed by atoms with E-state index in [0.717, 1.165) is 18.4 Å². The molecule has 0 aliphatic rings. The van der Waals surface area contributed by atoms with Crippen molar-refractivity contribution < 1.29 is 4.39 Å². The number of nitrogens with one attached hydrogen (secondary N) is 1. The van der Waals surface area contributed by atoms with Gasteiger partial charge in [-0.15, -0.1) is 0 Å². The van der Waals surface area contributed by atoms with Crippen LogP contribution in [0.1, 0.15) is 25.8 Å². The second kappa shape index (κ2) is 4.56. The summed E-state index contributed by atoms with van der Waals surface area (Å²) >= 11 is 0. The molecular formula is C12H18FN. The van der Waals surface area contributed by atoms with Crippen LogP contribution < -0.4 is 5.32 Å². The van der Waals surface area contributed by atoms with Gasteiger partial charge in [-0.25, -0.2) is 4.39 Å². The molecule has 1 nitrogen and oxygen atoms in total. The van der Waals surface area contributed by atoms with Crippen LogP contribution in [0, 0.1) is 5.82 Å². The van der Waals surface area contributed by atoms with Crippen LogP contribution in [0.25, 0.3) is 0 Å². The highest BCUT2D eigenvalue weighted by Crippen LogP contribution is 2.15. The topological polar surface area (TPSA) is 12.0 Å². The quantitative estimate of drug-likeness (QED) is 0.779. The lowest BCUT2D eigenvalue weighted by molar-refractivity contribution is 0.391. The zero-order valence-corrected chi connectivity index (χ0v) is 9.10. The first-order valence-corrected chi connectivity index (χ1v) is 4.97. The average molecular weight is 195 g/mol. The molecule has 0 heterocycles. The van der Waals surface area contributed by atoms with Crippen molar-refractivity contribution in [2.45, 2.75) is 32.2 Å². The molecule has 1 aromatic rings. The van der Waals surface area contributed by atoms with Crippen molar-refractivity contribution in [2.24, 2.45) is 0 Å². The van der Waals surface area contributed by atoms with Gasteiger partial charge in [-0.05, 0) is 45.4 Å². The Morgan fingerprint density at radius 1 is 1.29 bits per heavy atom. The third-order valence-corrected chi connectivity index (χ3v) is 2.65. The Kier molecular flexibility index (Phi) is 3.64. The molecule has 78 valence electrons. The van der Waals surface area contributed by atoms with Crippen molar-refractivity contribution >= 4 is 0 Å². The van der Waals surface area contributed by atoms with E-state index in [9.17, 15) is 4.39 Å². The fourth-order valence-corrected chi connectivity index (χ4v) is 1.27. The van der Waals surface area contributed by atoms with Crippen molar-refractivity contribution in [1.29, 1.82) is 0 Å². The van der Waals surface area contributed by atoms with Gasteiger partial charge in [0.05, 0.1) is 0 Å². The summed E-state index contributed by atoms with van der Waals surface area (Å²) in [4.78, 5) is 0.